The summed E-state index contributed by atoms with van der Waals surface area (Å²) in [4.78, 5) is 20.5. The number of hydrogen-bond donors (Lipinski definition) is 0. The Bertz CT molecular complexity index is 529. The summed E-state index contributed by atoms with van der Waals surface area (Å²) in [6.45, 7) is 2.47. The molecular formula is C13H16N2OS2. The molecule has 0 aliphatic heterocycles. The molecule has 96 valence electrons. The van der Waals surface area contributed by atoms with E-state index in [2.05, 4.69) is 11.1 Å². The first kappa shape index (κ1) is 13.4. The Balaban J connectivity index is 2.13. The van der Waals surface area contributed by atoms with Crippen LogP contribution >= 0.6 is 22.7 Å². The van der Waals surface area contributed by atoms with Gasteiger partial charge in [0.15, 0.2) is 5.78 Å². The van der Waals surface area contributed by atoms with Crippen molar-refractivity contribution in [3.63, 3.8) is 0 Å². The molecule has 2 aromatic rings. The summed E-state index contributed by atoms with van der Waals surface area (Å²) in [5, 5.41) is 3.07. The molecule has 0 N–H and O–H groups in total. The van der Waals surface area contributed by atoms with E-state index in [-0.39, 0.29) is 5.78 Å². The van der Waals surface area contributed by atoms with Crippen molar-refractivity contribution in [3.05, 3.63) is 28.1 Å². The molecule has 0 aliphatic carbocycles. The first-order chi connectivity index (χ1) is 8.56. The van der Waals surface area contributed by atoms with Crippen molar-refractivity contribution in [1.29, 1.82) is 0 Å². The number of aromatic nitrogens is 1. The second-order valence-corrected chi connectivity index (χ2v) is 6.49. The molecule has 0 fully saturated rings. The highest BCUT2D eigenvalue weighted by Crippen LogP contribution is 2.31. The summed E-state index contributed by atoms with van der Waals surface area (Å²) >= 11 is 3.31. The average Bonchev–Trinajstić information content (AvgIpc) is 2.87. The van der Waals surface area contributed by atoms with Gasteiger partial charge in [0.2, 0.25) is 0 Å². The predicted molar refractivity (Wildman–Crippen MR) is 77.4 cm³/mol. The van der Waals surface area contributed by atoms with Crippen molar-refractivity contribution in [2.75, 3.05) is 20.6 Å². The van der Waals surface area contributed by atoms with Gasteiger partial charge in [0.1, 0.15) is 5.01 Å². The van der Waals surface area contributed by atoms with Gasteiger partial charge in [-0.3, -0.25) is 4.79 Å². The maximum absolute atomic E-state index is 11.8. The number of ketones is 1. The molecular weight excluding hydrogens is 264 g/mol. The quantitative estimate of drug-likeness (QED) is 0.844. The predicted octanol–water partition coefficient (Wildman–Crippen LogP) is 2.85. The normalized spacial score (nSPS) is 11.1. The lowest BCUT2D eigenvalue weighted by atomic mass is 10.2. The summed E-state index contributed by atoms with van der Waals surface area (Å²) in [7, 11) is 3.82. The van der Waals surface area contributed by atoms with Crippen LogP contribution < -0.4 is 0 Å². The summed E-state index contributed by atoms with van der Waals surface area (Å²) in [6, 6.07) is 4.09. The Morgan fingerprint density at radius 2 is 2.22 bits per heavy atom. The van der Waals surface area contributed by atoms with Crippen LogP contribution in [-0.2, 0) is 11.2 Å². The van der Waals surface area contributed by atoms with Crippen molar-refractivity contribution in [3.8, 4) is 9.88 Å². The molecule has 5 heteroatoms. The minimum absolute atomic E-state index is 0.240. The highest BCUT2D eigenvalue weighted by Gasteiger charge is 2.13. The van der Waals surface area contributed by atoms with Gasteiger partial charge >= 0.3 is 0 Å². The highest BCUT2D eigenvalue weighted by molar-refractivity contribution is 7.21. The van der Waals surface area contributed by atoms with Gasteiger partial charge in [0.25, 0.3) is 0 Å². The van der Waals surface area contributed by atoms with Crippen LogP contribution in [0.1, 0.15) is 10.6 Å². The standard InChI is InChI=1S/C13H16N2OS2/c1-9-12(7-10(16)8-15(2)3)18-13(14-9)11-5-4-6-17-11/h4-6H,7-8H2,1-3H3. The van der Waals surface area contributed by atoms with Crippen molar-refractivity contribution in [2.24, 2.45) is 0 Å². The number of thiazole rings is 1. The first-order valence-corrected chi connectivity index (χ1v) is 7.42. The van der Waals surface area contributed by atoms with Gasteiger partial charge in [-0.25, -0.2) is 4.98 Å². The minimum atomic E-state index is 0.240. The van der Waals surface area contributed by atoms with E-state index in [1.54, 1.807) is 22.7 Å². The average molecular weight is 280 g/mol. The van der Waals surface area contributed by atoms with Gasteiger partial charge in [-0.05, 0) is 32.5 Å². The van der Waals surface area contributed by atoms with E-state index in [1.807, 2.05) is 37.4 Å². The molecule has 0 saturated carbocycles. The van der Waals surface area contributed by atoms with Crippen LogP contribution in [0.4, 0.5) is 0 Å². The van der Waals surface area contributed by atoms with Crippen LogP contribution in [-0.4, -0.2) is 36.3 Å². The third-order valence-electron chi connectivity index (χ3n) is 2.47. The molecule has 0 amide bonds. The molecule has 0 saturated heterocycles. The zero-order valence-electron chi connectivity index (χ0n) is 10.8. The lowest BCUT2D eigenvalue weighted by Gasteiger charge is -2.07. The number of nitrogens with zero attached hydrogens (tertiary/aromatic N) is 2. The number of likely N-dealkylation sites (N-methyl/N-ethyl adjacent to an activating group) is 1. The number of hydrogen-bond acceptors (Lipinski definition) is 5. The van der Waals surface area contributed by atoms with Crippen LogP contribution in [0.5, 0.6) is 0 Å². The lowest BCUT2D eigenvalue weighted by Crippen LogP contribution is -2.22. The van der Waals surface area contributed by atoms with Crippen molar-refractivity contribution in [2.45, 2.75) is 13.3 Å². The van der Waals surface area contributed by atoms with Crippen LogP contribution in [0.2, 0.25) is 0 Å². The zero-order chi connectivity index (χ0) is 13.1. The molecule has 0 unspecified atom stereocenters. The molecule has 2 aromatic heterocycles. The van der Waals surface area contributed by atoms with E-state index in [9.17, 15) is 4.79 Å². The topological polar surface area (TPSA) is 33.2 Å². The zero-order valence-corrected chi connectivity index (χ0v) is 12.4. The first-order valence-electron chi connectivity index (χ1n) is 5.73. The molecule has 2 heterocycles. The number of rotatable bonds is 5. The van der Waals surface area contributed by atoms with Gasteiger partial charge in [-0.2, -0.15) is 0 Å². The monoisotopic (exact) mass is 280 g/mol. The third kappa shape index (κ3) is 3.25. The smallest absolute Gasteiger partial charge is 0.152 e. The SMILES string of the molecule is Cc1nc(-c2cccs2)sc1CC(=O)CN(C)C. The number of aryl methyl sites for hydroxylation is 1. The fourth-order valence-corrected chi connectivity index (χ4v) is 3.57. The largest absolute Gasteiger partial charge is 0.302 e. The Morgan fingerprint density at radius 3 is 2.83 bits per heavy atom. The van der Waals surface area contributed by atoms with Crippen molar-refractivity contribution >= 4 is 28.5 Å². The van der Waals surface area contributed by atoms with E-state index in [1.165, 1.54) is 4.88 Å². The maximum atomic E-state index is 11.8. The molecule has 0 aromatic carbocycles. The van der Waals surface area contributed by atoms with E-state index >= 15 is 0 Å². The Hall–Kier alpha value is -1.04. The third-order valence-corrected chi connectivity index (χ3v) is 4.67. The Morgan fingerprint density at radius 1 is 1.44 bits per heavy atom. The van der Waals surface area contributed by atoms with Crippen molar-refractivity contribution < 1.29 is 4.79 Å². The minimum Gasteiger partial charge on any atom is -0.302 e. The van der Waals surface area contributed by atoms with E-state index in [0.29, 0.717) is 13.0 Å². The second kappa shape index (κ2) is 5.73. The molecule has 0 radical (unpaired) electrons. The number of carbonyl (C=O) groups excluding carboxylic acids is 1. The molecule has 0 spiro atoms. The van der Waals surface area contributed by atoms with Gasteiger partial charge in [0, 0.05) is 11.3 Å². The fraction of sp³-hybridized carbons (Fsp3) is 0.385. The Kier molecular flexibility index (Phi) is 4.27. The summed E-state index contributed by atoms with van der Waals surface area (Å²) in [6.07, 6.45) is 0.493. The van der Waals surface area contributed by atoms with Crippen LogP contribution in [0.3, 0.4) is 0 Å². The van der Waals surface area contributed by atoms with Gasteiger partial charge < -0.3 is 4.90 Å². The summed E-state index contributed by atoms with van der Waals surface area (Å²) in [5.74, 6) is 0.240. The van der Waals surface area contributed by atoms with E-state index < -0.39 is 0 Å². The molecule has 0 atom stereocenters. The summed E-state index contributed by atoms with van der Waals surface area (Å²) in [5.41, 5.74) is 0.982. The lowest BCUT2D eigenvalue weighted by molar-refractivity contribution is -0.118. The molecule has 0 bridgehead atoms. The van der Waals surface area contributed by atoms with Gasteiger partial charge in [-0.15, -0.1) is 22.7 Å². The molecule has 0 aliphatic rings. The molecule has 2 rings (SSSR count). The van der Waals surface area contributed by atoms with Crippen molar-refractivity contribution in [1.82, 2.24) is 9.88 Å². The van der Waals surface area contributed by atoms with Gasteiger partial charge in [0.05, 0.1) is 17.1 Å². The second-order valence-electron chi connectivity index (χ2n) is 4.46. The fourth-order valence-electron chi connectivity index (χ4n) is 1.69. The summed E-state index contributed by atoms with van der Waals surface area (Å²) < 4.78 is 0. The Labute approximate surface area is 115 Å². The van der Waals surface area contributed by atoms with Crippen LogP contribution in [0, 0.1) is 6.92 Å². The van der Waals surface area contributed by atoms with Crippen LogP contribution in [0.15, 0.2) is 17.5 Å². The maximum Gasteiger partial charge on any atom is 0.152 e. The highest BCUT2D eigenvalue weighted by atomic mass is 32.1. The number of thiophene rings is 1. The molecule has 3 nitrogen and oxygen atoms in total. The molecule has 18 heavy (non-hydrogen) atoms. The van der Waals surface area contributed by atoms with Crippen LogP contribution in [0.25, 0.3) is 9.88 Å². The van der Waals surface area contributed by atoms with E-state index in [0.717, 1.165) is 15.6 Å². The van der Waals surface area contributed by atoms with E-state index in [4.69, 9.17) is 0 Å². The number of carbonyl (C=O) groups is 1. The number of Topliss-reactive ketones (excluding diaryl/α,β-unsaturated/α-hetero) is 1. The van der Waals surface area contributed by atoms with Gasteiger partial charge in [-0.1, -0.05) is 6.07 Å².